The number of Topliss-reactive ketones (excluding diaryl/α,β-unsaturated/α-hetero) is 1. The van der Waals surface area contributed by atoms with Gasteiger partial charge in [0.25, 0.3) is 0 Å². The lowest BCUT2D eigenvalue weighted by Gasteiger charge is -2.23. The highest BCUT2D eigenvalue weighted by molar-refractivity contribution is 9.10. The van der Waals surface area contributed by atoms with Crippen LogP contribution >= 0.6 is 27.7 Å². The zero-order chi connectivity index (χ0) is 10.8. The highest BCUT2D eigenvalue weighted by atomic mass is 79.9. The highest BCUT2D eigenvalue weighted by Gasteiger charge is 2.25. The lowest BCUT2D eigenvalue weighted by molar-refractivity contribution is -0.121. The van der Waals surface area contributed by atoms with E-state index in [4.69, 9.17) is 0 Å². The van der Waals surface area contributed by atoms with E-state index in [2.05, 4.69) is 15.9 Å². The first kappa shape index (κ1) is 11.1. The van der Waals surface area contributed by atoms with Crippen molar-refractivity contribution in [3.63, 3.8) is 0 Å². The Kier molecular flexibility index (Phi) is 3.46. The fourth-order valence-corrected chi connectivity index (χ4v) is 2.84. The van der Waals surface area contributed by atoms with Gasteiger partial charge in [-0.25, -0.2) is 4.39 Å². The van der Waals surface area contributed by atoms with Crippen molar-refractivity contribution in [2.45, 2.75) is 6.42 Å². The van der Waals surface area contributed by atoms with E-state index in [1.165, 1.54) is 12.1 Å². The van der Waals surface area contributed by atoms with Gasteiger partial charge in [0.15, 0.2) is 0 Å². The Hall–Kier alpha value is -0.350. The van der Waals surface area contributed by atoms with Crippen molar-refractivity contribution in [1.82, 2.24) is 0 Å². The van der Waals surface area contributed by atoms with E-state index >= 15 is 0 Å². The number of benzene rings is 1. The van der Waals surface area contributed by atoms with Crippen LogP contribution in [0.3, 0.4) is 0 Å². The van der Waals surface area contributed by atoms with Crippen LogP contribution in [0.4, 0.5) is 4.39 Å². The molecular formula is C11H10BrFOS. The van der Waals surface area contributed by atoms with E-state index in [9.17, 15) is 9.18 Å². The molecule has 1 aromatic carbocycles. The predicted molar refractivity (Wildman–Crippen MR) is 63.6 cm³/mol. The first-order valence-corrected chi connectivity index (χ1v) is 6.65. The Morgan fingerprint density at radius 3 is 2.73 bits per heavy atom. The third-order valence-electron chi connectivity index (χ3n) is 2.39. The van der Waals surface area contributed by atoms with Crippen molar-refractivity contribution in [2.75, 3.05) is 11.5 Å². The lowest BCUT2D eigenvalue weighted by atomic mass is 10.0. The number of ketones is 1. The normalized spacial score (nSPS) is 16.1. The minimum Gasteiger partial charge on any atom is -0.299 e. The number of rotatable bonds is 3. The number of hydrogen-bond donors (Lipinski definition) is 0. The van der Waals surface area contributed by atoms with Crippen LogP contribution in [0.2, 0.25) is 0 Å². The molecule has 1 aliphatic heterocycles. The van der Waals surface area contributed by atoms with Crippen LogP contribution in [-0.2, 0) is 11.2 Å². The second-order valence-corrected chi connectivity index (χ2v) is 5.65. The van der Waals surface area contributed by atoms with Crippen molar-refractivity contribution in [1.29, 1.82) is 0 Å². The smallest absolute Gasteiger partial charge is 0.141 e. The first-order valence-electron chi connectivity index (χ1n) is 4.70. The van der Waals surface area contributed by atoms with Crippen LogP contribution in [-0.4, -0.2) is 17.3 Å². The fourth-order valence-electron chi connectivity index (χ4n) is 1.48. The first-order chi connectivity index (χ1) is 7.15. The topological polar surface area (TPSA) is 17.1 Å². The van der Waals surface area contributed by atoms with Gasteiger partial charge in [-0.2, -0.15) is 11.8 Å². The Balaban J connectivity index is 2.06. The number of carbonyl (C=O) groups excluding carboxylic acids is 1. The molecule has 4 heteroatoms. The molecule has 1 aromatic rings. The minimum atomic E-state index is -0.296. The second-order valence-electron chi connectivity index (χ2n) is 3.66. The summed E-state index contributed by atoms with van der Waals surface area (Å²) in [6.07, 6.45) is 0.349. The maximum absolute atomic E-state index is 13.0. The lowest BCUT2D eigenvalue weighted by Crippen LogP contribution is -2.28. The third-order valence-corrected chi connectivity index (χ3v) is 4.13. The maximum Gasteiger partial charge on any atom is 0.141 e. The summed E-state index contributed by atoms with van der Waals surface area (Å²) in [7, 11) is 0. The molecule has 1 heterocycles. The van der Waals surface area contributed by atoms with E-state index in [0.717, 1.165) is 17.1 Å². The molecular weight excluding hydrogens is 279 g/mol. The third kappa shape index (κ3) is 2.82. The van der Waals surface area contributed by atoms with E-state index in [0.29, 0.717) is 10.9 Å². The SMILES string of the molecule is O=C(Cc1cc(F)cc(Br)c1)C1CSC1. The fraction of sp³-hybridized carbons (Fsp3) is 0.364. The Morgan fingerprint density at radius 2 is 2.20 bits per heavy atom. The van der Waals surface area contributed by atoms with Crippen molar-refractivity contribution in [2.24, 2.45) is 5.92 Å². The number of thioether (sulfide) groups is 1. The second kappa shape index (κ2) is 4.66. The van der Waals surface area contributed by atoms with Crippen LogP contribution < -0.4 is 0 Å². The molecule has 0 atom stereocenters. The average molecular weight is 289 g/mol. The van der Waals surface area contributed by atoms with Crippen LogP contribution in [0.1, 0.15) is 5.56 Å². The predicted octanol–water partition coefficient (Wildman–Crippen LogP) is 3.06. The van der Waals surface area contributed by atoms with E-state index < -0.39 is 0 Å². The Morgan fingerprint density at radius 1 is 1.47 bits per heavy atom. The maximum atomic E-state index is 13.0. The minimum absolute atomic E-state index is 0.192. The van der Waals surface area contributed by atoms with Gasteiger partial charge in [-0.1, -0.05) is 15.9 Å². The quantitative estimate of drug-likeness (QED) is 0.850. The van der Waals surface area contributed by atoms with Crippen molar-refractivity contribution >= 4 is 33.5 Å². The number of carbonyl (C=O) groups is 1. The largest absolute Gasteiger partial charge is 0.299 e. The molecule has 1 saturated heterocycles. The van der Waals surface area contributed by atoms with Gasteiger partial charge in [0, 0.05) is 28.3 Å². The summed E-state index contributed by atoms with van der Waals surface area (Å²) in [5.74, 6) is 1.98. The molecule has 1 nitrogen and oxygen atoms in total. The van der Waals surface area contributed by atoms with Gasteiger partial charge in [0.05, 0.1) is 0 Å². The van der Waals surface area contributed by atoms with Crippen molar-refractivity contribution in [3.05, 3.63) is 34.1 Å². The zero-order valence-corrected chi connectivity index (χ0v) is 10.4. The zero-order valence-electron chi connectivity index (χ0n) is 8.00. The van der Waals surface area contributed by atoms with E-state index in [1.54, 1.807) is 17.8 Å². The van der Waals surface area contributed by atoms with Gasteiger partial charge < -0.3 is 0 Å². The molecule has 0 unspecified atom stereocenters. The van der Waals surface area contributed by atoms with Crippen LogP contribution in [0.15, 0.2) is 22.7 Å². The summed E-state index contributed by atoms with van der Waals surface area (Å²) in [6, 6.07) is 4.62. The van der Waals surface area contributed by atoms with Crippen LogP contribution in [0, 0.1) is 11.7 Å². The van der Waals surface area contributed by atoms with Gasteiger partial charge in [-0.15, -0.1) is 0 Å². The van der Waals surface area contributed by atoms with E-state index in [-0.39, 0.29) is 17.5 Å². The molecule has 1 aliphatic rings. The van der Waals surface area contributed by atoms with Gasteiger partial charge >= 0.3 is 0 Å². The van der Waals surface area contributed by atoms with Gasteiger partial charge in [-0.05, 0) is 23.8 Å². The molecule has 15 heavy (non-hydrogen) atoms. The summed E-state index contributed by atoms with van der Waals surface area (Å²) in [6.45, 7) is 0. The number of halogens is 2. The molecule has 1 fully saturated rings. The van der Waals surface area contributed by atoms with Gasteiger partial charge in [0.1, 0.15) is 11.6 Å². The van der Waals surface area contributed by atoms with Crippen LogP contribution in [0.25, 0.3) is 0 Å². The molecule has 0 saturated carbocycles. The molecule has 80 valence electrons. The van der Waals surface area contributed by atoms with E-state index in [1.807, 2.05) is 0 Å². The summed E-state index contributed by atoms with van der Waals surface area (Å²) in [4.78, 5) is 11.7. The molecule has 0 radical (unpaired) electrons. The molecule has 0 spiro atoms. The molecule has 0 aromatic heterocycles. The molecule has 0 aliphatic carbocycles. The molecule has 0 amide bonds. The summed E-state index contributed by atoms with van der Waals surface area (Å²) in [5, 5.41) is 0. The standard InChI is InChI=1S/C11H10BrFOS/c12-9-1-7(2-10(13)4-9)3-11(14)8-5-15-6-8/h1-2,4,8H,3,5-6H2. The van der Waals surface area contributed by atoms with Gasteiger partial charge in [0.2, 0.25) is 0 Å². The van der Waals surface area contributed by atoms with Gasteiger partial charge in [-0.3, -0.25) is 4.79 Å². The Labute approximate surface area is 101 Å². The summed E-state index contributed by atoms with van der Waals surface area (Å²) in [5.41, 5.74) is 0.753. The summed E-state index contributed by atoms with van der Waals surface area (Å²) < 4.78 is 13.7. The average Bonchev–Trinajstić information content (AvgIpc) is 1.96. The highest BCUT2D eigenvalue weighted by Crippen LogP contribution is 2.26. The summed E-state index contributed by atoms with van der Waals surface area (Å²) >= 11 is 5.00. The van der Waals surface area contributed by atoms with Crippen molar-refractivity contribution < 1.29 is 9.18 Å². The van der Waals surface area contributed by atoms with Crippen LogP contribution in [0.5, 0.6) is 0 Å². The van der Waals surface area contributed by atoms with Crippen molar-refractivity contribution in [3.8, 4) is 0 Å². The Bertz CT molecular complexity index is 370. The molecule has 2 rings (SSSR count). The molecule has 0 bridgehead atoms. The monoisotopic (exact) mass is 288 g/mol. The molecule has 0 N–H and O–H groups in total. The number of hydrogen-bond acceptors (Lipinski definition) is 2.